The van der Waals surface area contributed by atoms with Crippen molar-refractivity contribution in [2.24, 2.45) is 0 Å². The molecular formula is C12H11ClO3. The zero-order valence-electron chi connectivity index (χ0n) is 8.95. The smallest absolute Gasteiger partial charge is 0.197 e. The van der Waals surface area contributed by atoms with Gasteiger partial charge in [-0.25, -0.2) is 0 Å². The first-order chi connectivity index (χ1) is 7.50. The molecule has 4 heteroatoms. The average Bonchev–Trinajstić information content (AvgIpc) is 2.15. The number of hydrogen-bond acceptors (Lipinski definition) is 3. The molecule has 0 spiro atoms. The molecule has 0 aliphatic carbocycles. The summed E-state index contributed by atoms with van der Waals surface area (Å²) in [6.07, 6.45) is 1.42. The Kier molecular flexibility index (Phi) is 2.64. The van der Waals surface area contributed by atoms with Crippen LogP contribution in [-0.2, 0) is 0 Å². The van der Waals surface area contributed by atoms with Crippen LogP contribution in [-0.4, -0.2) is 5.11 Å². The van der Waals surface area contributed by atoms with Crippen LogP contribution in [0.4, 0.5) is 0 Å². The molecule has 16 heavy (non-hydrogen) atoms. The van der Waals surface area contributed by atoms with Gasteiger partial charge in [0, 0.05) is 11.6 Å². The maximum atomic E-state index is 12.1. The van der Waals surface area contributed by atoms with Crippen molar-refractivity contribution < 1.29 is 9.52 Å². The average molecular weight is 239 g/mol. The molecule has 1 heterocycles. The Morgan fingerprint density at radius 2 is 2.06 bits per heavy atom. The summed E-state index contributed by atoms with van der Waals surface area (Å²) in [5.41, 5.74) is 0.751. The number of phenolic OH excluding ortho intramolecular Hbond substituents is 1. The molecule has 0 amide bonds. The molecule has 3 nitrogen and oxygen atoms in total. The summed E-state index contributed by atoms with van der Waals surface area (Å²) in [4.78, 5) is 12.1. The van der Waals surface area contributed by atoms with E-state index in [1.165, 1.54) is 18.4 Å². The van der Waals surface area contributed by atoms with Crippen LogP contribution in [0.1, 0.15) is 25.3 Å². The molecule has 0 fully saturated rings. The third-order valence-electron chi connectivity index (χ3n) is 2.46. The number of phenols is 1. The quantitative estimate of drug-likeness (QED) is 0.830. The third kappa shape index (κ3) is 1.67. The summed E-state index contributed by atoms with van der Waals surface area (Å²) in [7, 11) is 0. The van der Waals surface area contributed by atoms with Gasteiger partial charge in [0.05, 0.1) is 16.7 Å². The normalized spacial score (nSPS) is 11.2. The lowest BCUT2D eigenvalue weighted by atomic mass is 10.0. The Hall–Kier alpha value is -1.48. The minimum absolute atomic E-state index is 0.0158. The lowest BCUT2D eigenvalue weighted by Crippen LogP contribution is -2.10. The Labute approximate surface area is 97.3 Å². The molecule has 0 aliphatic rings. The molecular weight excluding hydrogens is 228 g/mol. The second-order valence-corrected chi connectivity index (χ2v) is 4.38. The van der Waals surface area contributed by atoms with E-state index < -0.39 is 0 Å². The highest BCUT2D eigenvalue weighted by Crippen LogP contribution is 2.27. The maximum Gasteiger partial charge on any atom is 0.197 e. The molecule has 1 aromatic heterocycles. The summed E-state index contributed by atoms with van der Waals surface area (Å²) in [5.74, 6) is 0.0588. The van der Waals surface area contributed by atoms with Crippen molar-refractivity contribution in [3.63, 3.8) is 0 Å². The Bertz CT molecular complexity index is 599. The van der Waals surface area contributed by atoms with Crippen LogP contribution < -0.4 is 5.43 Å². The van der Waals surface area contributed by atoms with Gasteiger partial charge in [-0.15, -0.1) is 0 Å². The monoisotopic (exact) mass is 238 g/mol. The molecule has 1 N–H and O–H groups in total. The zero-order valence-corrected chi connectivity index (χ0v) is 9.71. The molecule has 0 saturated carbocycles. The molecule has 2 rings (SSSR count). The van der Waals surface area contributed by atoms with E-state index in [-0.39, 0.29) is 22.1 Å². The van der Waals surface area contributed by atoms with Crippen molar-refractivity contribution in [2.75, 3.05) is 0 Å². The van der Waals surface area contributed by atoms with Crippen LogP contribution in [0.2, 0.25) is 5.02 Å². The predicted octanol–water partition coefficient (Wildman–Crippen LogP) is 3.28. The first-order valence-corrected chi connectivity index (χ1v) is 5.32. The van der Waals surface area contributed by atoms with Gasteiger partial charge in [0.25, 0.3) is 0 Å². The van der Waals surface area contributed by atoms with Crippen LogP contribution in [0.3, 0.4) is 0 Å². The number of fused-ring (bicyclic) bond motifs is 1. The number of rotatable bonds is 1. The summed E-state index contributed by atoms with van der Waals surface area (Å²) in [5, 5.41) is 9.87. The summed E-state index contributed by atoms with van der Waals surface area (Å²) in [6, 6.07) is 2.72. The van der Waals surface area contributed by atoms with Gasteiger partial charge in [-0.2, -0.15) is 0 Å². The summed E-state index contributed by atoms with van der Waals surface area (Å²) < 4.78 is 5.30. The molecule has 0 bridgehead atoms. The fourth-order valence-electron chi connectivity index (χ4n) is 1.60. The van der Waals surface area contributed by atoms with Crippen molar-refractivity contribution in [2.45, 2.75) is 19.8 Å². The van der Waals surface area contributed by atoms with Crippen molar-refractivity contribution >= 4 is 22.6 Å². The second-order valence-electron chi connectivity index (χ2n) is 3.98. The molecule has 0 aliphatic heterocycles. The molecule has 0 unspecified atom stereocenters. The van der Waals surface area contributed by atoms with Crippen LogP contribution >= 0.6 is 11.6 Å². The number of halogens is 1. The summed E-state index contributed by atoms with van der Waals surface area (Å²) >= 11 is 5.92. The van der Waals surface area contributed by atoms with Gasteiger partial charge >= 0.3 is 0 Å². The van der Waals surface area contributed by atoms with Gasteiger partial charge in [0.2, 0.25) is 0 Å². The van der Waals surface area contributed by atoms with Gasteiger partial charge in [0.1, 0.15) is 11.3 Å². The minimum Gasteiger partial charge on any atom is -0.508 e. The topological polar surface area (TPSA) is 50.4 Å². The maximum absolute atomic E-state index is 12.1. The fraction of sp³-hybridized carbons (Fsp3) is 0.250. The zero-order chi connectivity index (χ0) is 11.9. The van der Waals surface area contributed by atoms with Gasteiger partial charge in [0.15, 0.2) is 5.43 Å². The minimum atomic E-state index is -0.138. The van der Waals surface area contributed by atoms with E-state index in [1.54, 1.807) is 0 Å². The molecule has 0 atom stereocenters. The van der Waals surface area contributed by atoms with Crippen LogP contribution in [0.5, 0.6) is 5.75 Å². The highest BCUT2D eigenvalue weighted by Gasteiger charge is 2.13. The number of hydrogen-bond donors (Lipinski definition) is 1. The first kappa shape index (κ1) is 11.0. The lowest BCUT2D eigenvalue weighted by Gasteiger charge is -2.06. The Morgan fingerprint density at radius 3 is 2.69 bits per heavy atom. The van der Waals surface area contributed by atoms with Crippen LogP contribution in [0, 0.1) is 0 Å². The van der Waals surface area contributed by atoms with E-state index in [0.29, 0.717) is 16.5 Å². The van der Waals surface area contributed by atoms with E-state index in [4.69, 9.17) is 16.0 Å². The van der Waals surface area contributed by atoms with E-state index in [0.717, 1.165) is 0 Å². The molecule has 2 aromatic rings. The molecule has 84 valence electrons. The Balaban J connectivity index is 2.90. The Morgan fingerprint density at radius 1 is 1.38 bits per heavy atom. The predicted molar refractivity (Wildman–Crippen MR) is 63.2 cm³/mol. The number of benzene rings is 1. The largest absolute Gasteiger partial charge is 0.508 e. The van der Waals surface area contributed by atoms with Crippen molar-refractivity contribution in [3.8, 4) is 5.75 Å². The van der Waals surface area contributed by atoms with E-state index >= 15 is 0 Å². The first-order valence-electron chi connectivity index (χ1n) is 4.94. The molecule has 0 saturated heterocycles. The highest BCUT2D eigenvalue weighted by atomic mass is 35.5. The highest BCUT2D eigenvalue weighted by molar-refractivity contribution is 6.35. The molecule has 0 radical (unpaired) electrons. The lowest BCUT2D eigenvalue weighted by molar-refractivity contribution is 0.474. The number of aromatic hydroxyl groups is 1. The van der Waals surface area contributed by atoms with Gasteiger partial charge in [-0.3, -0.25) is 4.79 Å². The summed E-state index contributed by atoms with van der Waals surface area (Å²) in [6.45, 7) is 3.82. The van der Waals surface area contributed by atoms with Gasteiger partial charge in [-0.05, 0) is 12.0 Å². The van der Waals surface area contributed by atoms with Crippen molar-refractivity contribution in [3.05, 3.63) is 39.2 Å². The second kappa shape index (κ2) is 3.83. The van der Waals surface area contributed by atoms with Crippen molar-refractivity contribution in [1.82, 2.24) is 0 Å². The van der Waals surface area contributed by atoms with E-state index in [1.807, 2.05) is 13.8 Å². The fourth-order valence-corrected chi connectivity index (χ4v) is 1.89. The molecule has 1 aromatic carbocycles. The van der Waals surface area contributed by atoms with Crippen LogP contribution in [0.25, 0.3) is 11.0 Å². The van der Waals surface area contributed by atoms with Gasteiger partial charge in [-0.1, -0.05) is 25.4 Å². The third-order valence-corrected chi connectivity index (χ3v) is 2.76. The van der Waals surface area contributed by atoms with E-state index in [2.05, 4.69) is 0 Å². The van der Waals surface area contributed by atoms with Gasteiger partial charge < -0.3 is 9.52 Å². The standard InChI is InChI=1S/C12H11ClO3/c1-6(2)8-5-16-10-4-7(14)3-9(13)11(10)12(8)15/h3-6,14H,1-2H3. The van der Waals surface area contributed by atoms with E-state index in [9.17, 15) is 9.90 Å². The SMILES string of the molecule is CC(C)c1coc2cc(O)cc(Cl)c2c1=O. The van der Waals surface area contributed by atoms with Crippen molar-refractivity contribution in [1.29, 1.82) is 0 Å². The van der Waals surface area contributed by atoms with Crippen LogP contribution in [0.15, 0.2) is 27.6 Å².